The van der Waals surface area contributed by atoms with Crippen LogP contribution in [0.1, 0.15) is 60.3 Å². The molecule has 25 heavy (non-hydrogen) atoms. The Bertz CT molecular complexity index is 516. The van der Waals surface area contributed by atoms with Crippen LogP contribution in [0.3, 0.4) is 0 Å². The summed E-state index contributed by atoms with van der Waals surface area (Å²) in [7, 11) is 0. The number of hydrogen-bond donors (Lipinski definition) is 1. The Balaban J connectivity index is 2.00. The van der Waals surface area contributed by atoms with Gasteiger partial charge in [0.2, 0.25) is 5.91 Å². The first kappa shape index (κ1) is 19.7. The molecule has 0 aromatic carbocycles. The normalized spacial score (nSPS) is 23.6. The van der Waals surface area contributed by atoms with Crippen LogP contribution in [0.5, 0.6) is 0 Å². The summed E-state index contributed by atoms with van der Waals surface area (Å²) in [6.45, 7) is 11.5. The first-order chi connectivity index (χ1) is 11.6. The predicted molar refractivity (Wildman–Crippen MR) is 96.9 cm³/mol. The molecule has 6 heteroatoms. The van der Waals surface area contributed by atoms with Crippen LogP contribution in [-0.4, -0.2) is 52.8 Å². The number of imide groups is 1. The Kier molecular flexibility index (Phi) is 6.12. The van der Waals surface area contributed by atoms with Crippen LogP contribution in [0.15, 0.2) is 0 Å². The number of carbonyl (C=O) groups excluding carboxylic acids is 3. The number of urea groups is 1. The summed E-state index contributed by atoms with van der Waals surface area (Å²) in [5.41, 5.74) is -0.821. The van der Waals surface area contributed by atoms with E-state index in [2.05, 4.69) is 33.0 Å². The topological polar surface area (TPSA) is 69.7 Å². The molecule has 1 saturated heterocycles. The second-order valence-corrected chi connectivity index (χ2v) is 8.54. The fraction of sp³-hybridized carbons (Fsp3) is 0.842. The van der Waals surface area contributed by atoms with Gasteiger partial charge in [0, 0.05) is 13.1 Å². The van der Waals surface area contributed by atoms with Crippen molar-refractivity contribution in [3.8, 4) is 0 Å². The molecule has 2 fully saturated rings. The molecule has 0 aromatic rings. The summed E-state index contributed by atoms with van der Waals surface area (Å²) >= 11 is 0. The van der Waals surface area contributed by atoms with E-state index in [0.29, 0.717) is 24.9 Å². The van der Waals surface area contributed by atoms with Crippen molar-refractivity contribution in [3.05, 3.63) is 0 Å². The molecule has 1 unspecified atom stereocenters. The van der Waals surface area contributed by atoms with Gasteiger partial charge in [-0.15, -0.1) is 0 Å². The highest BCUT2D eigenvalue weighted by Crippen LogP contribution is 2.42. The fourth-order valence-corrected chi connectivity index (χ4v) is 3.22. The lowest BCUT2D eigenvalue weighted by Gasteiger charge is -2.26. The molecule has 6 nitrogen and oxygen atoms in total. The zero-order valence-electron chi connectivity index (χ0n) is 16.3. The van der Waals surface area contributed by atoms with E-state index in [4.69, 9.17) is 0 Å². The number of nitrogens with zero attached hydrogens (tertiary/aromatic N) is 2. The van der Waals surface area contributed by atoms with E-state index in [9.17, 15) is 14.4 Å². The lowest BCUT2D eigenvalue weighted by Crippen LogP contribution is -2.47. The molecule has 1 saturated carbocycles. The largest absolute Gasteiger partial charge is 0.341 e. The highest BCUT2D eigenvalue weighted by atomic mass is 16.2. The molecule has 142 valence electrons. The Hall–Kier alpha value is -1.59. The number of nitrogens with one attached hydrogen (secondary N) is 1. The number of carbonyl (C=O) groups is 3. The summed E-state index contributed by atoms with van der Waals surface area (Å²) in [5.74, 6) is 0.835. The first-order valence-corrected chi connectivity index (χ1v) is 9.57. The third-order valence-corrected chi connectivity index (χ3v) is 5.29. The summed E-state index contributed by atoms with van der Waals surface area (Å²) in [5, 5.41) is 2.80. The molecule has 2 aliphatic rings. The molecular formula is C19H33N3O3. The van der Waals surface area contributed by atoms with Crippen LogP contribution < -0.4 is 5.32 Å². The first-order valence-electron chi connectivity index (χ1n) is 9.57. The highest BCUT2D eigenvalue weighted by Gasteiger charge is 2.56. The molecule has 1 atom stereocenters. The number of hydrogen-bond acceptors (Lipinski definition) is 3. The maximum absolute atomic E-state index is 12.8. The van der Waals surface area contributed by atoms with Gasteiger partial charge in [-0.2, -0.15) is 0 Å². The van der Waals surface area contributed by atoms with Gasteiger partial charge in [0.25, 0.3) is 5.91 Å². The van der Waals surface area contributed by atoms with Gasteiger partial charge in [-0.05, 0) is 50.4 Å². The second-order valence-electron chi connectivity index (χ2n) is 8.54. The van der Waals surface area contributed by atoms with Gasteiger partial charge in [0.1, 0.15) is 12.1 Å². The monoisotopic (exact) mass is 351 g/mol. The van der Waals surface area contributed by atoms with Crippen molar-refractivity contribution in [2.75, 3.05) is 19.6 Å². The molecular weight excluding hydrogens is 318 g/mol. The maximum Gasteiger partial charge on any atom is 0.325 e. The molecule has 0 bridgehead atoms. The molecule has 1 aliphatic carbocycles. The van der Waals surface area contributed by atoms with Crippen molar-refractivity contribution in [2.45, 2.75) is 65.8 Å². The smallest absolute Gasteiger partial charge is 0.325 e. The van der Waals surface area contributed by atoms with Gasteiger partial charge in [0.15, 0.2) is 0 Å². The average molecular weight is 351 g/mol. The van der Waals surface area contributed by atoms with Gasteiger partial charge < -0.3 is 10.2 Å². The van der Waals surface area contributed by atoms with Crippen LogP contribution in [0, 0.1) is 17.8 Å². The SMILES string of the molecule is CC(C)CCN(CCC(C)C)C(=O)CN1C(=O)NC(C)(C2CC2)C1=O. The van der Waals surface area contributed by atoms with Gasteiger partial charge >= 0.3 is 6.03 Å². The molecule has 2 rings (SSSR count). The molecule has 0 aromatic heterocycles. The molecule has 0 radical (unpaired) electrons. The third-order valence-electron chi connectivity index (χ3n) is 5.29. The van der Waals surface area contributed by atoms with E-state index in [1.165, 1.54) is 0 Å². The Morgan fingerprint density at radius 3 is 2.12 bits per heavy atom. The Morgan fingerprint density at radius 1 is 1.16 bits per heavy atom. The third kappa shape index (κ3) is 4.73. The standard InChI is InChI=1S/C19H33N3O3/c1-13(2)8-10-21(11-9-14(3)4)16(23)12-22-17(24)19(5,15-6-7-15)20-18(22)25/h13-15H,6-12H2,1-5H3,(H,20,25). The van der Waals surface area contributed by atoms with Crippen LogP contribution in [0.25, 0.3) is 0 Å². The van der Waals surface area contributed by atoms with Gasteiger partial charge in [-0.3, -0.25) is 14.5 Å². The fourth-order valence-electron chi connectivity index (χ4n) is 3.22. The zero-order chi connectivity index (χ0) is 18.8. The highest BCUT2D eigenvalue weighted by molar-refractivity contribution is 6.09. The molecule has 4 amide bonds. The van der Waals surface area contributed by atoms with Crippen LogP contribution >= 0.6 is 0 Å². The molecule has 1 N–H and O–H groups in total. The van der Waals surface area contributed by atoms with E-state index in [0.717, 1.165) is 30.6 Å². The van der Waals surface area contributed by atoms with Gasteiger partial charge in [0.05, 0.1) is 0 Å². The average Bonchev–Trinajstić information content (AvgIpc) is 3.33. The number of amides is 4. The molecule has 0 spiro atoms. The number of rotatable bonds is 9. The van der Waals surface area contributed by atoms with Crippen LogP contribution in [0.4, 0.5) is 4.79 Å². The summed E-state index contributed by atoms with van der Waals surface area (Å²) in [4.78, 5) is 40.6. The van der Waals surface area contributed by atoms with Crippen LogP contribution in [0.2, 0.25) is 0 Å². The Morgan fingerprint density at radius 2 is 1.68 bits per heavy atom. The van der Waals surface area contributed by atoms with E-state index in [-0.39, 0.29) is 24.3 Å². The van der Waals surface area contributed by atoms with E-state index >= 15 is 0 Å². The predicted octanol–water partition coefficient (Wildman–Crippen LogP) is 2.63. The summed E-state index contributed by atoms with van der Waals surface area (Å²) in [6, 6.07) is -0.430. The minimum atomic E-state index is -0.821. The summed E-state index contributed by atoms with van der Waals surface area (Å²) < 4.78 is 0. The molecule has 1 heterocycles. The van der Waals surface area contributed by atoms with E-state index in [1.54, 1.807) is 6.92 Å². The summed E-state index contributed by atoms with van der Waals surface area (Å²) in [6.07, 6.45) is 3.76. The van der Waals surface area contributed by atoms with Crippen molar-refractivity contribution in [1.82, 2.24) is 15.1 Å². The van der Waals surface area contributed by atoms with E-state index in [1.807, 2.05) is 4.90 Å². The zero-order valence-corrected chi connectivity index (χ0v) is 16.3. The van der Waals surface area contributed by atoms with Gasteiger partial charge in [-0.25, -0.2) is 4.79 Å². The maximum atomic E-state index is 12.8. The van der Waals surface area contributed by atoms with Gasteiger partial charge in [-0.1, -0.05) is 27.7 Å². The lowest BCUT2D eigenvalue weighted by atomic mass is 9.96. The van der Waals surface area contributed by atoms with Crippen molar-refractivity contribution < 1.29 is 14.4 Å². The van der Waals surface area contributed by atoms with E-state index < -0.39 is 11.6 Å². The minimum absolute atomic E-state index is 0.134. The van der Waals surface area contributed by atoms with Crippen molar-refractivity contribution in [3.63, 3.8) is 0 Å². The minimum Gasteiger partial charge on any atom is -0.341 e. The lowest BCUT2D eigenvalue weighted by molar-refractivity contribution is -0.139. The Labute approximate surface area is 151 Å². The molecule has 1 aliphatic heterocycles. The quantitative estimate of drug-likeness (QED) is 0.649. The van der Waals surface area contributed by atoms with Crippen molar-refractivity contribution in [1.29, 1.82) is 0 Å². The van der Waals surface area contributed by atoms with Crippen molar-refractivity contribution >= 4 is 17.8 Å². The van der Waals surface area contributed by atoms with Crippen molar-refractivity contribution in [2.24, 2.45) is 17.8 Å². The van der Waals surface area contributed by atoms with Crippen LogP contribution in [-0.2, 0) is 9.59 Å². The second kappa shape index (κ2) is 7.75.